The van der Waals surface area contributed by atoms with E-state index in [-0.39, 0.29) is 6.54 Å². The van der Waals surface area contributed by atoms with E-state index in [0.717, 1.165) is 31.5 Å². The third kappa shape index (κ3) is 2.92. The molecule has 2 aliphatic heterocycles. The number of hydrogen-bond acceptors (Lipinski definition) is 4. The molecule has 0 aromatic heterocycles. The molecule has 2 amide bonds. The van der Waals surface area contributed by atoms with Gasteiger partial charge in [0.05, 0.1) is 5.41 Å². The second-order valence-electron chi connectivity index (χ2n) is 7.40. The van der Waals surface area contributed by atoms with Gasteiger partial charge in [0.25, 0.3) is 0 Å². The number of carbonyl (C=O) groups is 1. The largest absolute Gasteiger partial charge is 0.442 e. The zero-order valence-corrected chi connectivity index (χ0v) is 16.8. The Balaban J connectivity index is 1.85. The molecule has 2 aliphatic rings. The molecule has 4 rings (SSSR count). The van der Waals surface area contributed by atoms with Gasteiger partial charge in [-0.2, -0.15) is 13.6 Å². The van der Waals surface area contributed by atoms with Crippen molar-refractivity contribution in [2.24, 2.45) is 5.14 Å². The average molecular weight is 422 g/mol. The molecule has 4 N–H and O–H groups in total. The lowest BCUT2D eigenvalue weighted by Crippen LogP contribution is -2.64. The van der Waals surface area contributed by atoms with Crippen LogP contribution in [-0.4, -0.2) is 34.1 Å². The van der Waals surface area contributed by atoms with Gasteiger partial charge in [-0.25, -0.2) is 4.79 Å². The van der Waals surface area contributed by atoms with E-state index in [1.807, 2.05) is 12.1 Å². The number of halogens is 1. The Hall–Kier alpha value is -1.97. The molecule has 28 heavy (non-hydrogen) atoms. The number of quaternary nitrogens is 1. The number of benzene rings is 2. The number of amides is 2. The highest BCUT2D eigenvalue weighted by molar-refractivity contribution is 7.89. The first-order chi connectivity index (χ1) is 13.3. The molecule has 0 saturated carbocycles. The normalized spacial score (nSPS) is 23.4. The molecular weight excluding hydrogens is 400 g/mol. The molecule has 2 aromatic rings. The van der Waals surface area contributed by atoms with Crippen LogP contribution in [0.1, 0.15) is 18.4 Å². The Morgan fingerprint density at radius 2 is 1.86 bits per heavy atom. The van der Waals surface area contributed by atoms with Gasteiger partial charge < -0.3 is 5.32 Å². The Kier molecular flexibility index (Phi) is 4.71. The van der Waals surface area contributed by atoms with Crippen molar-refractivity contribution in [3.05, 3.63) is 59.1 Å². The number of fused-ring (bicyclic) bond motifs is 2. The van der Waals surface area contributed by atoms with E-state index in [0.29, 0.717) is 16.4 Å². The fourth-order valence-electron chi connectivity index (χ4n) is 4.47. The van der Waals surface area contributed by atoms with Crippen molar-refractivity contribution in [3.8, 4) is 0 Å². The van der Waals surface area contributed by atoms with Crippen LogP contribution in [-0.2, 0) is 15.6 Å². The summed E-state index contributed by atoms with van der Waals surface area (Å²) < 4.78 is 24.8. The van der Waals surface area contributed by atoms with Crippen LogP contribution >= 0.6 is 11.6 Å². The van der Waals surface area contributed by atoms with E-state index in [1.165, 1.54) is 0 Å². The van der Waals surface area contributed by atoms with Crippen molar-refractivity contribution < 1.29 is 13.2 Å². The number of nitrogens with one attached hydrogen (secondary N) is 2. The summed E-state index contributed by atoms with van der Waals surface area (Å²) in [6.07, 6.45) is 1.48. The molecule has 0 aliphatic carbocycles. The van der Waals surface area contributed by atoms with Crippen LogP contribution in [0.25, 0.3) is 0 Å². The fourth-order valence-corrected chi connectivity index (χ4v) is 5.80. The maximum absolute atomic E-state index is 13.4. The van der Waals surface area contributed by atoms with E-state index in [2.05, 4.69) is 10.6 Å². The van der Waals surface area contributed by atoms with Gasteiger partial charge in [0.15, 0.2) is 5.69 Å². The summed E-state index contributed by atoms with van der Waals surface area (Å²) >= 11 is 6.00. The topological polar surface area (TPSA) is 101 Å². The van der Waals surface area contributed by atoms with E-state index in [1.54, 1.807) is 36.4 Å². The van der Waals surface area contributed by atoms with Gasteiger partial charge in [-0.3, -0.25) is 5.32 Å². The Morgan fingerprint density at radius 1 is 1.14 bits per heavy atom. The van der Waals surface area contributed by atoms with Crippen LogP contribution in [0, 0.1) is 0 Å². The maximum Gasteiger partial charge on any atom is 0.442 e. The van der Waals surface area contributed by atoms with Crippen LogP contribution < -0.4 is 19.7 Å². The van der Waals surface area contributed by atoms with Gasteiger partial charge in [0.2, 0.25) is 0 Å². The number of anilines is 1. The molecule has 7 nitrogen and oxygen atoms in total. The molecule has 0 bridgehead atoms. The first kappa shape index (κ1) is 19.4. The summed E-state index contributed by atoms with van der Waals surface area (Å²) in [5, 5.41) is 12.2. The van der Waals surface area contributed by atoms with Gasteiger partial charge in [0.1, 0.15) is 6.54 Å². The molecule has 1 saturated heterocycles. The summed E-state index contributed by atoms with van der Waals surface area (Å²) in [7, 11) is -4.31. The summed E-state index contributed by atoms with van der Waals surface area (Å²) in [4.78, 5) is 13.4. The van der Waals surface area contributed by atoms with Crippen molar-refractivity contribution in [3.63, 3.8) is 0 Å². The standard InChI is InChI=1S/C19H21ClN4O3S/c20-14-4-3-5-15(12-14)23-18(25)24(28(21,26)27)13-19(8-10-22-11-9-19)16-6-1-2-7-17(16)24/h1-7,12,22H,8-11,13H2,(H2-,21,23,25,26,27)/p+1. The van der Waals surface area contributed by atoms with Gasteiger partial charge in [0, 0.05) is 22.3 Å². The van der Waals surface area contributed by atoms with Crippen LogP contribution in [0.15, 0.2) is 48.5 Å². The van der Waals surface area contributed by atoms with Crippen LogP contribution in [0.5, 0.6) is 0 Å². The second kappa shape index (κ2) is 6.82. The molecule has 1 fully saturated rings. The predicted octanol–water partition coefficient (Wildman–Crippen LogP) is 2.72. The molecule has 1 spiro atoms. The molecule has 2 aromatic carbocycles. The summed E-state index contributed by atoms with van der Waals surface area (Å²) in [5.41, 5.74) is 1.31. The molecule has 1 unspecified atom stereocenters. The first-order valence-corrected chi connectivity index (χ1v) is 11.0. The van der Waals surface area contributed by atoms with E-state index >= 15 is 0 Å². The van der Waals surface area contributed by atoms with Crippen molar-refractivity contribution in [1.82, 2.24) is 9.21 Å². The van der Waals surface area contributed by atoms with Crippen LogP contribution in [0.3, 0.4) is 0 Å². The highest BCUT2D eigenvalue weighted by Crippen LogP contribution is 2.51. The van der Waals surface area contributed by atoms with E-state index < -0.39 is 25.5 Å². The lowest BCUT2D eigenvalue weighted by atomic mass is 9.75. The first-order valence-electron chi connectivity index (χ1n) is 9.07. The van der Waals surface area contributed by atoms with E-state index in [4.69, 9.17) is 16.7 Å². The fraction of sp³-hybridized carbons (Fsp3) is 0.316. The van der Waals surface area contributed by atoms with Crippen LogP contribution in [0.2, 0.25) is 5.02 Å². The average Bonchev–Trinajstić information content (AvgIpc) is 2.94. The van der Waals surface area contributed by atoms with Crippen LogP contribution in [0.4, 0.5) is 16.2 Å². The zero-order valence-electron chi connectivity index (χ0n) is 15.2. The second-order valence-corrected chi connectivity index (χ2v) is 9.49. The van der Waals surface area contributed by atoms with Crippen molar-refractivity contribution >= 4 is 39.2 Å². The number of rotatable bonds is 2. The minimum Gasteiger partial charge on any atom is -0.317 e. The lowest BCUT2D eigenvalue weighted by molar-refractivity contribution is 0.225. The SMILES string of the molecule is NS(=O)(=O)[N+]1(C(=O)Nc2cccc(Cl)c2)CC2(CCNCC2)c2ccccc21. The lowest BCUT2D eigenvalue weighted by Gasteiger charge is -2.34. The minimum absolute atomic E-state index is 0.0826. The molecule has 148 valence electrons. The predicted molar refractivity (Wildman–Crippen MR) is 110 cm³/mol. The van der Waals surface area contributed by atoms with Gasteiger partial charge in [-0.1, -0.05) is 39.8 Å². The monoisotopic (exact) mass is 421 g/mol. The Labute approximate surface area is 169 Å². The number of piperidine rings is 1. The van der Waals surface area contributed by atoms with Crippen molar-refractivity contribution in [2.45, 2.75) is 18.3 Å². The van der Waals surface area contributed by atoms with Crippen molar-refractivity contribution in [1.29, 1.82) is 0 Å². The summed E-state index contributed by atoms with van der Waals surface area (Å²) in [6, 6.07) is 13.1. The third-order valence-corrected chi connectivity index (χ3v) is 7.38. The smallest absolute Gasteiger partial charge is 0.317 e. The summed E-state index contributed by atoms with van der Waals surface area (Å²) in [6.45, 7) is 1.60. The molecule has 9 heteroatoms. The van der Waals surface area contributed by atoms with E-state index in [9.17, 15) is 13.2 Å². The quantitative estimate of drug-likeness (QED) is 0.649. The summed E-state index contributed by atoms with van der Waals surface area (Å²) in [5.74, 6) is 0. The zero-order chi connectivity index (χ0) is 20.0. The minimum atomic E-state index is -4.31. The maximum atomic E-state index is 13.4. The molecule has 0 radical (unpaired) electrons. The Bertz CT molecular complexity index is 1040. The number of nitrogens with two attached hydrogens (primary N) is 1. The van der Waals surface area contributed by atoms with Gasteiger partial charge in [-0.15, -0.1) is 0 Å². The third-order valence-electron chi connectivity index (χ3n) is 5.79. The highest BCUT2D eigenvalue weighted by Gasteiger charge is 2.63. The van der Waals surface area contributed by atoms with Gasteiger partial charge >= 0.3 is 16.2 Å². The number of hydrogen-bond donors (Lipinski definition) is 3. The number of nitrogens with zero attached hydrogens (tertiary/aromatic N) is 1. The molecule has 2 heterocycles. The number of carbonyl (C=O) groups excluding carboxylic acids is 1. The van der Waals surface area contributed by atoms with Gasteiger partial charge in [-0.05, 0) is 44.1 Å². The highest BCUT2D eigenvalue weighted by atomic mass is 35.5. The van der Waals surface area contributed by atoms with Crippen molar-refractivity contribution in [2.75, 3.05) is 25.0 Å². The Morgan fingerprint density at radius 3 is 2.54 bits per heavy atom. The number of urea groups is 1. The molecular formula is C19H22ClN4O3S+. The molecule has 1 atom stereocenters. The number of para-hydroxylation sites is 1.